The molecule has 78 valence electrons. The van der Waals surface area contributed by atoms with Crippen LogP contribution in [0.3, 0.4) is 0 Å². The molecule has 1 unspecified atom stereocenters. The highest BCUT2D eigenvalue weighted by Gasteiger charge is 2.09. The first-order valence-corrected chi connectivity index (χ1v) is 5.58. The molecule has 0 N–H and O–H groups in total. The molecule has 0 nitrogen and oxygen atoms in total. The molecule has 0 amide bonds. The van der Waals surface area contributed by atoms with E-state index in [-0.39, 0.29) is 5.82 Å². The van der Waals surface area contributed by atoms with Crippen LogP contribution in [0.1, 0.15) is 18.9 Å². The van der Waals surface area contributed by atoms with E-state index in [4.69, 9.17) is 23.2 Å². The normalized spacial score (nSPS) is 12.9. The number of hydrogen-bond donors (Lipinski definition) is 0. The van der Waals surface area contributed by atoms with Gasteiger partial charge < -0.3 is 0 Å². The topological polar surface area (TPSA) is 0 Å². The van der Waals surface area contributed by atoms with Crippen LogP contribution in [0.4, 0.5) is 4.39 Å². The van der Waals surface area contributed by atoms with Crippen molar-refractivity contribution in [2.75, 3.05) is 5.88 Å². The summed E-state index contributed by atoms with van der Waals surface area (Å²) in [6.45, 7) is 2.06. The van der Waals surface area contributed by atoms with Gasteiger partial charge in [-0.05, 0) is 30.0 Å². The summed E-state index contributed by atoms with van der Waals surface area (Å²) in [6.07, 6.45) is 1.65. The Labute approximate surface area is 94.0 Å². The Bertz CT molecular complexity index is 295. The predicted molar refractivity (Wildman–Crippen MR) is 59.6 cm³/mol. The number of hydrogen-bond acceptors (Lipinski definition) is 0. The third-order valence-electron chi connectivity index (χ3n) is 2.32. The summed E-state index contributed by atoms with van der Waals surface area (Å²) in [7, 11) is 0. The lowest BCUT2D eigenvalue weighted by Crippen LogP contribution is -2.06. The van der Waals surface area contributed by atoms with Gasteiger partial charge in [0.1, 0.15) is 5.82 Å². The zero-order valence-corrected chi connectivity index (χ0v) is 9.58. The number of benzene rings is 1. The predicted octanol–water partition coefficient (Wildman–Crippen LogP) is 4.29. The number of rotatable bonds is 4. The molecule has 0 fully saturated rings. The van der Waals surface area contributed by atoms with Crippen LogP contribution in [0.25, 0.3) is 0 Å². The van der Waals surface area contributed by atoms with Crippen LogP contribution in [0.15, 0.2) is 18.2 Å². The van der Waals surface area contributed by atoms with Crippen LogP contribution in [0, 0.1) is 11.7 Å². The van der Waals surface area contributed by atoms with Gasteiger partial charge in [-0.15, -0.1) is 11.6 Å². The van der Waals surface area contributed by atoms with Crippen LogP contribution >= 0.6 is 23.2 Å². The lowest BCUT2D eigenvalue weighted by atomic mass is 9.98. The standard InChI is InChI=1S/C11H13Cl2F/c1-2-8(7-12)5-9-3-4-10(13)6-11(9)14/h3-4,6,8H,2,5,7H2,1H3. The van der Waals surface area contributed by atoms with Crippen molar-refractivity contribution in [1.82, 2.24) is 0 Å². The fraction of sp³-hybridized carbons (Fsp3) is 0.455. The van der Waals surface area contributed by atoms with Crippen LogP contribution in [0.5, 0.6) is 0 Å². The quantitative estimate of drug-likeness (QED) is 0.683. The van der Waals surface area contributed by atoms with E-state index in [1.807, 2.05) is 0 Å². The maximum Gasteiger partial charge on any atom is 0.127 e. The van der Waals surface area contributed by atoms with Gasteiger partial charge in [-0.1, -0.05) is 31.0 Å². The molecule has 0 saturated heterocycles. The highest BCUT2D eigenvalue weighted by atomic mass is 35.5. The van der Waals surface area contributed by atoms with E-state index >= 15 is 0 Å². The van der Waals surface area contributed by atoms with E-state index in [9.17, 15) is 4.39 Å². The molecule has 14 heavy (non-hydrogen) atoms. The Morgan fingerprint density at radius 3 is 2.64 bits per heavy atom. The molecule has 1 atom stereocenters. The number of alkyl halides is 1. The van der Waals surface area contributed by atoms with Gasteiger partial charge in [0.25, 0.3) is 0 Å². The molecule has 3 heteroatoms. The van der Waals surface area contributed by atoms with Crippen molar-refractivity contribution in [3.8, 4) is 0 Å². The minimum atomic E-state index is -0.235. The monoisotopic (exact) mass is 234 g/mol. The van der Waals surface area contributed by atoms with Crippen molar-refractivity contribution in [2.24, 2.45) is 5.92 Å². The first-order chi connectivity index (χ1) is 6.67. The third kappa shape index (κ3) is 3.14. The van der Waals surface area contributed by atoms with Crippen molar-refractivity contribution < 1.29 is 4.39 Å². The van der Waals surface area contributed by atoms with Gasteiger partial charge in [0.15, 0.2) is 0 Å². The average Bonchev–Trinajstić information content (AvgIpc) is 2.17. The van der Waals surface area contributed by atoms with Crippen LogP contribution in [-0.2, 0) is 6.42 Å². The van der Waals surface area contributed by atoms with Gasteiger partial charge in [-0.3, -0.25) is 0 Å². The van der Waals surface area contributed by atoms with Crippen molar-refractivity contribution in [3.05, 3.63) is 34.6 Å². The van der Waals surface area contributed by atoms with Crippen molar-refractivity contribution >= 4 is 23.2 Å². The lowest BCUT2D eigenvalue weighted by molar-refractivity contribution is 0.536. The van der Waals surface area contributed by atoms with Crippen molar-refractivity contribution in [1.29, 1.82) is 0 Å². The molecule has 0 aliphatic carbocycles. The summed E-state index contributed by atoms with van der Waals surface area (Å²) in [5, 5.41) is 0.435. The van der Waals surface area contributed by atoms with E-state index in [1.54, 1.807) is 12.1 Å². The minimum absolute atomic E-state index is 0.235. The average molecular weight is 235 g/mol. The molecule has 1 rings (SSSR count). The second-order valence-electron chi connectivity index (χ2n) is 3.37. The van der Waals surface area contributed by atoms with Gasteiger partial charge in [0.2, 0.25) is 0 Å². The molecular formula is C11H13Cl2F. The van der Waals surface area contributed by atoms with Gasteiger partial charge in [0, 0.05) is 10.9 Å². The SMILES string of the molecule is CCC(CCl)Cc1ccc(Cl)cc1F. The summed E-state index contributed by atoms with van der Waals surface area (Å²) < 4.78 is 13.4. The second kappa shape index (κ2) is 5.57. The fourth-order valence-electron chi connectivity index (χ4n) is 1.31. The maximum absolute atomic E-state index is 13.4. The first-order valence-electron chi connectivity index (χ1n) is 4.67. The van der Waals surface area contributed by atoms with E-state index < -0.39 is 0 Å². The highest BCUT2D eigenvalue weighted by Crippen LogP contribution is 2.19. The third-order valence-corrected chi connectivity index (χ3v) is 2.99. The Hall–Kier alpha value is -0.270. The summed E-state index contributed by atoms with van der Waals surface area (Å²) in [5.74, 6) is 0.673. The molecule has 0 radical (unpaired) electrons. The summed E-state index contributed by atoms with van der Waals surface area (Å²) in [4.78, 5) is 0. The van der Waals surface area contributed by atoms with Gasteiger partial charge in [-0.25, -0.2) is 4.39 Å². The molecule has 1 aromatic carbocycles. The van der Waals surface area contributed by atoms with Crippen LogP contribution < -0.4 is 0 Å². The van der Waals surface area contributed by atoms with E-state index in [2.05, 4.69) is 6.92 Å². The Kier molecular flexibility index (Phi) is 4.70. The molecule has 0 heterocycles. The highest BCUT2D eigenvalue weighted by molar-refractivity contribution is 6.30. The Balaban J connectivity index is 2.76. The molecule has 0 saturated carbocycles. The molecule has 0 aliphatic rings. The largest absolute Gasteiger partial charge is 0.207 e. The van der Waals surface area contributed by atoms with Crippen LogP contribution in [-0.4, -0.2) is 5.88 Å². The van der Waals surface area contributed by atoms with Gasteiger partial charge in [0.05, 0.1) is 0 Å². The zero-order valence-electron chi connectivity index (χ0n) is 8.06. The molecule has 0 aromatic heterocycles. The zero-order chi connectivity index (χ0) is 10.6. The lowest BCUT2D eigenvalue weighted by Gasteiger charge is -2.11. The first kappa shape index (κ1) is 11.8. The van der Waals surface area contributed by atoms with Gasteiger partial charge >= 0.3 is 0 Å². The molecular weight excluding hydrogens is 222 g/mol. The van der Waals surface area contributed by atoms with E-state index in [1.165, 1.54) is 6.07 Å². The summed E-state index contributed by atoms with van der Waals surface area (Å²) >= 11 is 11.4. The molecule has 0 spiro atoms. The van der Waals surface area contributed by atoms with Crippen molar-refractivity contribution in [2.45, 2.75) is 19.8 Å². The Morgan fingerprint density at radius 2 is 2.14 bits per heavy atom. The minimum Gasteiger partial charge on any atom is -0.207 e. The van der Waals surface area contributed by atoms with E-state index in [0.29, 0.717) is 28.8 Å². The summed E-state index contributed by atoms with van der Waals surface area (Å²) in [6, 6.07) is 4.78. The van der Waals surface area contributed by atoms with E-state index in [0.717, 1.165) is 6.42 Å². The maximum atomic E-state index is 13.4. The molecule has 1 aromatic rings. The Morgan fingerprint density at radius 1 is 1.43 bits per heavy atom. The van der Waals surface area contributed by atoms with Crippen molar-refractivity contribution in [3.63, 3.8) is 0 Å². The smallest absolute Gasteiger partial charge is 0.127 e. The second-order valence-corrected chi connectivity index (χ2v) is 4.11. The molecule has 0 bridgehead atoms. The van der Waals surface area contributed by atoms with Gasteiger partial charge in [-0.2, -0.15) is 0 Å². The molecule has 0 aliphatic heterocycles. The number of halogens is 3. The van der Waals surface area contributed by atoms with Crippen LogP contribution in [0.2, 0.25) is 5.02 Å². The summed E-state index contributed by atoms with van der Waals surface area (Å²) in [5.41, 5.74) is 0.696. The fourth-order valence-corrected chi connectivity index (χ4v) is 1.79.